The molecule has 9 heteroatoms. The minimum Gasteiger partial charge on any atom is -0.336 e. The van der Waals surface area contributed by atoms with E-state index in [2.05, 4.69) is 54.6 Å². The van der Waals surface area contributed by atoms with Crippen LogP contribution in [0.3, 0.4) is 0 Å². The Morgan fingerprint density at radius 2 is 1.94 bits per heavy atom. The second-order valence-corrected chi connectivity index (χ2v) is 8.98. The molecule has 2 aliphatic rings. The molecule has 0 atom stereocenters. The minimum atomic E-state index is -0.250. The maximum atomic E-state index is 13.6. The van der Waals surface area contributed by atoms with E-state index in [1.807, 2.05) is 11.0 Å². The molecule has 0 aliphatic carbocycles. The van der Waals surface area contributed by atoms with Crippen molar-refractivity contribution in [3.05, 3.63) is 72.3 Å². The monoisotopic (exact) mass is 471 g/mol. The van der Waals surface area contributed by atoms with Gasteiger partial charge in [0.25, 0.3) is 0 Å². The molecule has 4 aromatic rings. The van der Waals surface area contributed by atoms with E-state index in [0.29, 0.717) is 0 Å². The maximum absolute atomic E-state index is 13.6. The lowest BCUT2D eigenvalue weighted by Gasteiger charge is -2.28. The number of halogens is 1. The van der Waals surface area contributed by atoms with Gasteiger partial charge in [0, 0.05) is 73.9 Å². The summed E-state index contributed by atoms with van der Waals surface area (Å²) in [5.74, 6) is -0.250. The molecule has 1 fully saturated rings. The SMILES string of the molecule is O=C1NCCN1CCN1CC=C(c2cn(-c3ccc(F)cc3)c3ccc(-c4c[nH]nn4)cc23)CC1. The molecule has 1 saturated heterocycles. The van der Waals surface area contributed by atoms with E-state index < -0.39 is 0 Å². The number of aromatic nitrogens is 4. The first-order valence-electron chi connectivity index (χ1n) is 11.9. The number of fused-ring (bicyclic) bond motifs is 1. The van der Waals surface area contributed by atoms with Crippen molar-refractivity contribution in [3.63, 3.8) is 0 Å². The molecule has 0 spiro atoms. The van der Waals surface area contributed by atoms with E-state index in [-0.39, 0.29) is 11.8 Å². The van der Waals surface area contributed by atoms with Crippen molar-refractivity contribution in [2.45, 2.75) is 6.42 Å². The van der Waals surface area contributed by atoms with Gasteiger partial charge in [-0.05, 0) is 48.4 Å². The summed E-state index contributed by atoms with van der Waals surface area (Å²) in [5, 5.41) is 14.8. The van der Waals surface area contributed by atoms with Gasteiger partial charge in [0.1, 0.15) is 11.5 Å². The highest BCUT2D eigenvalue weighted by Crippen LogP contribution is 2.35. The summed E-state index contributed by atoms with van der Waals surface area (Å²) < 4.78 is 15.7. The van der Waals surface area contributed by atoms with Crippen molar-refractivity contribution in [1.29, 1.82) is 0 Å². The molecule has 0 bridgehead atoms. The molecular formula is C26H26FN7O. The van der Waals surface area contributed by atoms with E-state index in [9.17, 15) is 9.18 Å². The van der Waals surface area contributed by atoms with Crippen LogP contribution in [0.2, 0.25) is 0 Å². The maximum Gasteiger partial charge on any atom is 0.317 e. The second-order valence-electron chi connectivity index (χ2n) is 8.98. The molecule has 2 aromatic heterocycles. The summed E-state index contributed by atoms with van der Waals surface area (Å²) in [6.45, 7) is 4.91. The molecule has 8 nitrogen and oxygen atoms in total. The number of benzene rings is 2. The van der Waals surface area contributed by atoms with Gasteiger partial charge < -0.3 is 14.8 Å². The highest BCUT2D eigenvalue weighted by Gasteiger charge is 2.22. The number of aromatic amines is 1. The predicted molar refractivity (Wildman–Crippen MR) is 133 cm³/mol. The van der Waals surface area contributed by atoms with Gasteiger partial charge in [0.15, 0.2) is 0 Å². The number of amides is 2. The van der Waals surface area contributed by atoms with Crippen LogP contribution in [0, 0.1) is 5.82 Å². The first kappa shape index (κ1) is 21.5. The van der Waals surface area contributed by atoms with Crippen LogP contribution >= 0.6 is 0 Å². The van der Waals surface area contributed by atoms with Crippen LogP contribution in [0.15, 0.2) is 60.9 Å². The minimum absolute atomic E-state index is 0.0368. The molecule has 4 heterocycles. The van der Waals surface area contributed by atoms with Crippen LogP contribution in [-0.4, -0.2) is 75.1 Å². The highest BCUT2D eigenvalue weighted by atomic mass is 19.1. The molecule has 2 N–H and O–H groups in total. The number of nitrogens with one attached hydrogen (secondary N) is 2. The summed E-state index contributed by atoms with van der Waals surface area (Å²) in [6, 6.07) is 12.9. The van der Waals surface area contributed by atoms with E-state index in [1.165, 1.54) is 23.3 Å². The fourth-order valence-electron chi connectivity index (χ4n) is 4.95. The number of H-pyrrole nitrogens is 1. The normalized spacial score (nSPS) is 16.7. The second kappa shape index (κ2) is 8.99. The fourth-order valence-corrected chi connectivity index (χ4v) is 4.95. The average molecular weight is 472 g/mol. The Labute approximate surface area is 202 Å². The van der Waals surface area contributed by atoms with Gasteiger partial charge in [-0.3, -0.25) is 10.00 Å². The molecule has 0 unspecified atom stereocenters. The van der Waals surface area contributed by atoms with Crippen LogP contribution in [0.4, 0.5) is 9.18 Å². The summed E-state index contributed by atoms with van der Waals surface area (Å²) in [6.07, 6.45) is 7.15. The summed E-state index contributed by atoms with van der Waals surface area (Å²) in [4.78, 5) is 16.1. The zero-order valence-electron chi connectivity index (χ0n) is 19.2. The molecule has 0 radical (unpaired) electrons. The first-order chi connectivity index (χ1) is 17.2. The number of carbonyl (C=O) groups excluding carboxylic acids is 1. The molecule has 6 rings (SSSR count). The van der Waals surface area contributed by atoms with Crippen molar-refractivity contribution in [2.24, 2.45) is 0 Å². The van der Waals surface area contributed by atoms with E-state index in [1.54, 1.807) is 18.3 Å². The molecule has 0 saturated carbocycles. The van der Waals surface area contributed by atoms with Gasteiger partial charge in [0.2, 0.25) is 0 Å². The Balaban J connectivity index is 1.32. The lowest BCUT2D eigenvalue weighted by atomic mass is 9.97. The molecule has 2 aromatic carbocycles. The van der Waals surface area contributed by atoms with Gasteiger partial charge in [-0.2, -0.15) is 0 Å². The quantitative estimate of drug-likeness (QED) is 0.450. The third-order valence-electron chi connectivity index (χ3n) is 6.89. The fraction of sp³-hybridized carbons (Fsp3) is 0.269. The Hall–Kier alpha value is -3.98. The van der Waals surface area contributed by atoms with Crippen LogP contribution < -0.4 is 5.32 Å². The lowest BCUT2D eigenvalue weighted by molar-refractivity contribution is 0.205. The third kappa shape index (κ3) is 4.19. The number of carbonyl (C=O) groups is 1. The van der Waals surface area contributed by atoms with E-state index >= 15 is 0 Å². The third-order valence-corrected chi connectivity index (χ3v) is 6.89. The number of hydrogen-bond acceptors (Lipinski definition) is 4. The standard InChI is InChI=1S/C26H26FN7O/c27-20-2-4-21(5-3-20)34-17-23(22-15-19(1-6-25(22)34)24-16-29-31-30-24)18-7-10-32(11-8-18)13-14-33-12-9-28-26(33)35/h1-7,15-17H,8-14H2,(H,28,35)(H,29,30,31). The first-order valence-corrected chi connectivity index (χ1v) is 11.9. The number of rotatable bonds is 6. The van der Waals surface area contributed by atoms with Crippen molar-refractivity contribution in [1.82, 2.24) is 35.1 Å². The van der Waals surface area contributed by atoms with Crippen LogP contribution in [-0.2, 0) is 0 Å². The highest BCUT2D eigenvalue weighted by molar-refractivity contribution is 5.96. The van der Waals surface area contributed by atoms with Gasteiger partial charge >= 0.3 is 6.03 Å². The van der Waals surface area contributed by atoms with Crippen molar-refractivity contribution in [2.75, 3.05) is 39.3 Å². The Morgan fingerprint density at radius 3 is 2.66 bits per heavy atom. The van der Waals surface area contributed by atoms with Gasteiger partial charge in [0.05, 0.1) is 5.52 Å². The van der Waals surface area contributed by atoms with Gasteiger partial charge in [-0.25, -0.2) is 9.18 Å². The molecule has 35 heavy (non-hydrogen) atoms. The molecule has 178 valence electrons. The topological polar surface area (TPSA) is 82.1 Å². The van der Waals surface area contributed by atoms with Crippen LogP contribution in [0.1, 0.15) is 12.0 Å². The van der Waals surface area contributed by atoms with E-state index in [0.717, 1.165) is 73.5 Å². The molecular weight excluding hydrogens is 445 g/mol. The zero-order chi connectivity index (χ0) is 23.8. The van der Waals surface area contributed by atoms with Crippen molar-refractivity contribution < 1.29 is 9.18 Å². The number of urea groups is 1. The Morgan fingerprint density at radius 1 is 1.06 bits per heavy atom. The summed E-state index contributed by atoms with van der Waals surface area (Å²) >= 11 is 0. The zero-order valence-corrected chi connectivity index (χ0v) is 19.2. The van der Waals surface area contributed by atoms with Crippen LogP contribution in [0.5, 0.6) is 0 Å². The number of nitrogens with zero attached hydrogens (tertiary/aromatic N) is 5. The predicted octanol–water partition coefficient (Wildman–Crippen LogP) is 3.67. The average Bonchev–Trinajstić information content (AvgIpc) is 3.64. The van der Waals surface area contributed by atoms with Crippen molar-refractivity contribution >= 4 is 22.5 Å². The van der Waals surface area contributed by atoms with E-state index in [4.69, 9.17) is 0 Å². The largest absolute Gasteiger partial charge is 0.336 e. The Bertz CT molecular complexity index is 1390. The van der Waals surface area contributed by atoms with Crippen LogP contribution in [0.25, 0.3) is 33.4 Å². The lowest BCUT2D eigenvalue weighted by Crippen LogP contribution is -2.38. The van der Waals surface area contributed by atoms with Gasteiger partial charge in [-0.1, -0.05) is 17.4 Å². The van der Waals surface area contributed by atoms with Crippen molar-refractivity contribution in [3.8, 4) is 16.9 Å². The number of hydrogen-bond donors (Lipinski definition) is 2. The smallest absolute Gasteiger partial charge is 0.317 e. The molecule has 2 amide bonds. The van der Waals surface area contributed by atoms with Gasteiger partial charge in [-0.15, -0.1) is 5.10 Å². The summed E-state index contributed by atoms with van der Waals surface area (Å²) in [7, 11) is 0. The Kier molecular flexibility index (Phi) is 5.54. The molecule has 2 aliphatic heterocycles. The summed E-state index contributed by atoms with van der Waals surface area (Å²) in [5.41, 5.74) is 6.23.